The van der Waals surface area contributed by atoms with E-state index in [0.717, 1.165) is 17.5 Å². The van der Waals surface area contributed by atoms with E-state index in [2.05, 4.69) is 34.6 Å². The first-order valence-electron chi connectivity index (χ1n) is 7.91. The first kappa shape index (κ1) is 16.4. The third kappa shape index (κ3) is 4.09. The summed E-state index contributed by atoms with van der Waals surface area (Å²) in [6.07, 6.45) is 8.30. The number of aromatic amines is 1. The van der Waals surface area contributed by atoms with Crippen LogP contribution in [0.25, 0.3) is 17.0 Å². The minimum Gasteiger partial charge on any atom is -0.361 e. The Labute approximate surface area is 146 Å². The topological polar surface area (TPSA) is 44.9 Å². The molecule has 0 aliphatic rings. The number of hydrogen-bond donors (Lipinski definition) is 2. The minimum atomic E-state index is -0.0659. The molecule has 0 radical (unpaired) electrons. The summed E-state index contributed by atoms with van der Waals surface area (Å²) in [5.74, 6) is -0.0659. The van der Waals surface area contributed by atoms with Gasteiger partial charge in [-0.25, -0.2) is 0 Å². The molecule has 1 amide bonds. The van der Waals surface area contributed by atoms with Gasteiger partial charge < -0.3 is 10.3 Å². The molecule has 24 heavy (non-hydrogen) atoms. The second kappa shape index (κ2) is 7.88. The maximum atomic E-state index is 11.9. The second-order valence-corrected chi connectivity index (χ2v) is 6.39. The van der Waals surface area contributed by atoms with E-state index in [4.69, 9.17) is 0 Å². The summed E-state index contributed by atoms with van der Waals surface area (Å²) in [6, 6.07) is 16.3. The molecule has 0 aliphatic carbocycles. The largest absolute Gasteiger partial charge is 0.361 e. The Kier molecular flexibility index (Phi) is 5.39. The van der Waals surface area contributed by atoms with Crippen LogP contribution in [-0.4, -0.2) is 23.7 Å². The van der Waals surface area contributed by atoms with Crippen LogP contribution in [0.15, 0.2) is 65.7 Å². The molecule has 4 heteroatoms. The van der Waals surface area contributed by atoms with Gasteiger partial charge in [0, 0.05) is 34.6 Å². The molecule has 0 saturated carbocycles. The lowest BCUT2D eigenvalue weighted by atomic mass is 10.1. The van der Waals surface area contributed by atoms with Gasteiger partial charge in [0.1, 0.15) is 0 Å². The fraction of sp³-hybridized carbons (Fsp3) is 0.150. The van der Waals surface area contributed by atoms with E-state index in [9.17, 15) is 4.79 Å². The van der Waals surface area contributed by atoms with Crippen LogP contribution in [0.3, 0.4) is 0 Å². The first-order valence-corrected chi connectivity index (χ1v) is 9.14. The predicted molar refractivity (Wildman–Crippen MR) is 102 cm³/mol. The average molecular weight is 336 g/mol. The molecule has 2 aromatic carbocycles. The number of amides is 1. The zero-order chi connectivity index (χ0) is 16.8. The van der Waals surface area contributed by atoms with Gasteiger partial charge in [0.15, 0.2) is 0 Å². The van der Waals surface area contributed by atoms with E-state index < -0.39 is 0 Å². The van der Waals surface area contributed by atoms with Crippen molar-refractivity contribution in [1.29, 1.82) is 0 Å². The zero-order valence-electron chi connectivity index (χ0n) is 13.6. The predicted octanol–water partition coefficient (Wildman–Crippen LogP) is 4.26. The fourth-order valence-corrected chi connectivity index (χ4v) is 3.01. The van der Waals surface area contributed by atoms with Gasteiger partial charge in [-0.3, -0.25) is 4.79 Å². The molecule has 3 rings (SSSR count). The minimum absolute atomic E-state index is 0.0659. The summed E-state index contributed by atoms with van der Waals surface area (Å²) < 4.78 is 0. The van der Waals surface area contributed by atoms with E-state index >= 15 is 0 Å². The van der Waals surface area contributed by atoms with Crippen LogP contribution in [0.1, 0.15) is 11.1 Å². The Hall–Kier alpha value is -2.46. The van der Waals surface area contributed by atoms with E-state index in [1.165, 1.54) is 15.8 Å². The SMILES string of the molecule is CSc1ccc(/C=C\C(=O)NCCc2c[nH]c3ccccc23)cc1. The zero-order valence-corrected chi connectivity index (χ0v) is 14.4. The molecule has 122 valence electrons. The van der Waals surface area contributed by atoms with E-state index in [0.29, 0.717) is 6.54 Å². The van der Waals surface area contributed by atoms with Gasteiger partial charge in [0.05, 0.1) is 0 Å². The molecule has 3 aromatic rings. The maximum absolute atomic E-state index is 11.9. The Morgan fingerprint density at radius 1 is 1.17 bits per heavy atom. The van der Waals surface area contributed by atoms with Crippen molar-refractivity contribution < 1.29 is 4.79 Å². The molecule has 0 unspecified atom stereocenters. The standard InChI is InChI=1S/C20H20N2OS/c1-24-17-9-6-15(7-10-17)8-11-20(23)21-13-12-16-14-22-19-5-3-2-4-18(16)19/h2-11,14,22H,12-13H2,1H3,(H,21,23)/b11-8-. The monoisotopic (exact) mass is 336 g/mol. The Morgan fingerprint density at radius 3 is 2.75 bits per heavy atom. The quantitative estimate of drug-likeness (QED) is 0.522. The number of para-hydroxylation sites is 1. The fourth-order valence-electron chi connectivity index (χ4n) is 2.60. The normalized spacial score (nSPS) is 11.2. The number of aromatic nitrogens is 1. The summed E-state index contributed by atoms with van der Waals surface area (Å²) in [5, 5.41) is 4.15. The Morgan fingerprint density at radius 2 is 1.96 bits per heavy atom. The van der Waals surface area contributed by atoms with Crippen molar-refractivity contribution in [2.45, 2.75) is 11.3 Å². The lowest BCUT2D eigenvalue weighted by Crippen LogP contribution is -2.23. The van der Waals surface area contributed by atoms with Gasteiger partial charge in [0.2, 0.25) is 5.91 Å². The van der Waals surface area contributed by atoms with Crippen molar-refractivity contribution in [1.82, 2.24) is 10.3 Å². The van der Waals surface area contributed by atoms with E-state index in [1.54, 1.807) is 17.8 Å². The van der Waals surface area contributed by atoms with Crippen LogP contribution in [0, 0.1) is 0 Å². The number of nitrogens with one attached hydrogen (secondary N) is 2. The van der Waals surface area contributed by atoms with E-state index in [1.807, 2.05) is 42.8 Å². The van der Waals surface area contributed by atoms with Crippen molar-refractivity contribution in [3.05, 3.63) is 71.9 Å². The molecule has 0 fully saturated rings. The number of carbonyl (C=O) groups excluding carboxylic acids is 1. The van der Waals surface area contributed by atoms with E-state index in [-0.39, 0.29) is 5.91 Å². The van der Waals surface area contributed by atoms with Crippen molar-refractivity contribution in [2.24, 2.45) is 0 Å². The number of fused-ring (bicyclic) bond motifs is 1. The van der Waals surface area contributed by atoms with Gasteiger partial charge in [-0.1, -0.05) is 30.3 Å². The third-order valence-corrected chi connectivity index (χ3v) is 4.66. The molecule has 0 atom stereocenters. The van der Waals surface area contributed by atoms with Crippen LogP contribution in [0.5, 0.6) is 0 Å². The van der Waals surface area contributed by atoms with Gasteiger partial charge in [-0.05, 0) is 48.1 Å². The number of benzene rings is 2. The lowest BCUT2D eigenvalue weighted by molar-refractivity contribution is -0.116. The summed E-state index contributed by atoms with van der Waals surface area (Å²) in [5.41, 5.74) is 3.38. The number of H-pyrrole nitrogens is 1. The number of hydrogen-bond acceptors (Lipinski definition) is 2. The van der Waals surface area contributed by atoms with Crippen molar-refractivity contribution in [3.8, 4) is 0 Å². The van der Waals surface area contributed by atoms with Gasteiger partial charge in [-0.15, -0.1) is 11.8 Å². The molecule has 0 bridgehead atoms. The smallest absolute Gasteiger partial charge is 0.244 e. The summed E-state index contributed by atoms with van der Waals surface area (Å²) in [7, 11) is 0. The molecular formula is C20H20N2OS. The second-order valence-electron chi connectivity index (χ2n) is 5.51. The third-order valence-electron chi connectivity index (χ3n) is 3.91. The number of rotatable bonds is 6. The molecule has 1 heterocycles. The first-order chi connectivity index (χ1) is 11.8. The van der Waals surface area contributed by atoms with Crippen molar-refractivity contribution in [3.63, 3.8) is 0 Å². The molecule has 1 aromatic heterocycles. The molecule has 0 aliphatic heterocycles. The van der Waals surface area contributed by atoms with Gasteiger partial charge >= 0.3 is 0 Å². The average Bonchev–Trinajstić information content (AvgIpc) is 3.04. The van der Waals surface area contributed by atoms with Gasteiger partial charge in [-0.2, -0.15) is 0 Å². The highest BCUT2D eigenvalue weighted by Crippen LogP contribution is 2.18. The Bertz CT molecular complexity index is 849. The molecule has 0 saturated heterocycles. The maximum Gasteiger partial charge on any atom is 0.244 e. The van der Waals surface area contributed by atoms with Crippen molar-refractivity contribution in [2.75, 3.05) is 12.8 Å². The summed E-state index contributed by atoms with van der Waals surface area (Å²) in [4.78, 5) is 16.4. The molecular weight excluding hydrogens is 316 g/mol. The number of thioether (sulfide) groups is 1. The van der Waals surface area contributed by atoms with Gasteiger partial charge in [0.25, 0.3) is 0 Å². The highest BCUT2D eigenvalue weighted by molar-refractivity contribution is 7.98. The van der Waals surface area contributed by atoms with Crippen molar-refractivity contribution >= 4 is 34.6 Å². The van der Waals surface area contributed by atoms with Crippen LogP contribution in [0.2, 0.25) is 0 Å². The number of carbonyl (C=O) groups is 1. The summed E-state index contributed by atoms with van der Waals surface area (Å²) in [6.45, 7) is 0.621. The molecule has 0 spiro atoms. The summed E-state index contributed by atoms with van der Waals surface area (Å²) >= 11 is 1.71. The highest BCUT2D eigenvalue weighted by atomic mass is 32.2. The van der Waals surface area contributed by atoms with Crippen LogP contribution < -0.4 is 5.32 Å². The van der Waals surface area contributed by atoms with Crippen LogP contribution >= 0.6 is 11.8 Å². The van der Waals surface area contributed by atoms with Crippen LogP contribution in [0.4, 0.5) is 0 Å². The Balaban J connectivity index is 1.51. The lowest BCUT2D eigenvalue weighted by Gasteiger charge is -2.02. The molecule has 3 nitrogen and oxygen atoms in total. The van der Waals surface area contributed by atoms with Crippen LogP contribution in [-0.2, 0) is 11.2 Å². The molecule has 2 N–H and O–H groups in total. The highest BCUT2D eigenvalue weighted by Gasteiger charge is 2.03.